The van der Waals surface area contributed by atoms with Crippen LogP contribution in [0.2, 0.25) is 0 Å². The van der Waals surface area contributed by atoms with Crippen LogP contribution in [0.25, 0.3) is 0 Å². The molecular weight excluding hydrogens is 552 g/mol. The van der Waals surface area contributed by atoms with Gasteiger partial charge in [-0.3, -0.25) is 9.79 Å². The van der Waals surface area contributed by atoms with Crippen LogP contribution in [-0.4, -0.2) is 30.5 Å². The number of ketones is 1. The summed E-state index contributed by atoms with van der Waals surface area (Å²) in [7, 11) is 0. The Bertz CT molecular complexity index is 720. The van der Waals surface area contributed by atoms with E-state index in [-0.39, 0.29) is 11.5 Å². The lowest BCUT2D eigenvalue weighted by Gasteiger charge is -2.29. The Labute approximate surface area is 281 Å². The number of Topliss-reactive ketones (excluding diaryl/α,β-unsaturated/α-hetero) is 1. The largest absolute Gasteiger partial charge is 0.362 e. The third-order valence-corrected chi connectivity index (χ3v) is 10.3. The minimum atomic E-state index is -0.261. The second kappa shape index (κ2) is 30.2. The number of carbonyl (C=O) groups is 2. The smallest absolute Gasteiger partial charge is 0.156 e. The van der Waals surface area contributed by atoms with E-state index in [0.29, 0.717) is 25.2 Å². The molecule has 0 aromatic rings. The molecule has 1 heterocycles. The second-order valence-corrected chi connectivity index (χ2v) is 14.8. The minimum absolute atomic E-state index is 0.186. The van der Waals surface area contributed by atoms with Gasteiger partial charge in [-0.1, -0.05) is 201 Å². The third kappa shape index (κ3) is 22.9. The molecule has 0 bridgehead atoms. The van der Waals surface area contributed by atoms with Gasteiger partial charge in [0.25, 0.3) is 0 Å². The van der Waals surface area contributed by atoms with Crippen LogP contribution in [0.3, 0.4) is 0 Å². The quantitative estimate of drug-likeness (QED) is 0.0560. The van der Waals surface area contributed by atoms with Crippen LogP contribution < -0.4 is 5.32 Å². The standard InChI is InChI=1S/C41H78N2O2/c1-4-6-8-10-12-14-16-18-20-21-23-25-27-29-31-33-39(45)38-37-42-40(43-38)41(3,35-36-44)34-32-30-28-26-24-22-19-17-15-13-11-9-7-5-2/h36,38H,4-35,37H2,1-3H3,(H,42,43). The zero-order valence-electron chi connectivity index (χ0n) is 30.8. The van der Waals surface area contributed by atoms with Crippen molar-refractivity contribution >= 4 is 17.9 Å². The number of carbonyl (C=O) groups excluding carboxylic acids is 2. The molecule has 0 aromatic heterocycles. The van der Waals surface area contributed by atoms with Crippen molar-refractivity contribution in [2.24, 2.45) is 10.4 Å². The zero-order valence-corrected chi connectivity index (χ0v) is 30.8. The Kier molecular flexibility index (Phi) is 28.0. The Morgan fingerprint density at radius 1 is 0.622 bits per heavy atom. The van der Waals surface area contributed by atoms with Crippen molar-refractivity contribution in [1.29, 1.82) is 0 Å². The summed E-state index contributed by atoms with van der Waals surface area (Å²) in [6.45, 7) is 7.27. The van der Waals surface area contributed by atoms with Crippen LogP contribution in [0.4, 0.5) is 0 Å². The van der Waals surface area contributed by atoms with Crippen molar-refractivity contribution < 1.29 is 9.59 Å². The van der Waals surface area contributed by atoms with Gasteiger partial charge >= 0.3 is 0 Å². The Morgan fingerprint density at radius 2 is 0.978 bits per heavy atom. The van der Waals surface area contributed by atoms with E-state index in [1.165, 1.54) is 167 Å². The maximum absolute atomic E-state index is 12.9. The van der Waals surface area contributed by atoms with Crippen molar-refractivity contribution in [2.75, 3.05) is 6.54 Å². The highest BCUT2D eigenvalue weighted by Gasteiger charge is 2.36. The number of nitrogens with zero attached hydrogens (tertiary/aromatic N) is 1. The van der Waals surface area contributed by atoms with E-state index in [1.807, 2.05) is 0 Å². The molecule has 0 aliphatic carbocycles. The molecule has 4 nitrogen and oxygen atoms in total. The van der Waals surface area contributed by atoms with Crippen LogP contribution in [0.15, 0.2) is 4.99 Å². The summed E-state index contributed by atoms with van der Waals surface area (Å²) in [6.07, 6.45) is 42.2. The number of aldehydes is 1. The van der Waals surface area contributed by atoms with Gasteiger partial charge in [-0.05, 0) is 12.8 Å². The lowest BCUT2D eigenvalue weighted by molar-refractivity contribution is -0.120. The van der Waals surface area contributed by atoms with Gasteiger partial charge in [0.1, 0.15) is 18.2 Å². The molecule has 1 rings (SSSR count). The summed E-state index contributed by atoms with van der Waals surface area (Å²) in [4.78, 5) is 29.2. The van der Waals surface area contributed by atoms with E-state index in [4.69, 9.17) is 4.99 Å². The number of nitrogens with one attached hydrogen (secondary N) is 1. The molecule has 0 aromatic carbocycles. The molecule has 0 amide bonds. The number of hydrogen-bond acceptors (Lipinski definition) is 4. The maximum atomic E-state index is 12.9. The fourth-order valence-electron chi connectivity index (χ4n) is 7.04. The molecule has 0 spiro atoms. The molecule has 2 unspecified atom stereocenters. The van der Waals surface area contributed by atoms with Gasteiger partial charge in [0.15, 0.2) is 5.78 Å². The van der Waals surface area contributed by atoms with E-state index in [1.54, 1.807) is 0 Å². The third-order valence-electron chi connectivity index (χ3n) is 10.3. The normalized spacial score (nSPS) is 16.0. The molecule has 0 saturated carbocycles. The van der Waals surface area contributed by atoms with Gasteiger partial charge in [-0.25, -0.2) is 0 Å². The molecule has 264 valence electrons. The summed E-state index contributed by atoms with van der Waals surface area (Å²) in [5.74, 6) is 1.20. The van der Waals surface area contributed by atoms with Gasteiger partial charge in [0.05, 0.1) is 6.54 Å². The van der Waals surface area contributed by atoms with E-state index < -0.39 is 0 Å². The molecule has 1 aliphatic rings. The van der Waals surface area contributed by atoms with Gasteiger partial charge in [0, 0.05) is 18.3 Å². The summed E-state index contributed by atoms with van der Waals surface area (Å²) in [5, 5.41) is 3.46. The number of unbranched alkanes of at least 4 members (excludes halogenated alkanes) is 27. The van der Waals surface area contributed by atoms with Crippen molar-refractivity contribution in [3.63, 3.8) is 0 Å². The molecule has 2 atom stereocenters. The topological polar surface area (TPSA) is 58.5 Å². The highest BCUT2D eigenvalue weighted by molar-refractivity contribution is 5.97. The molecule has 0 saturated heterocycles. The summed E-state index contributed by atoms with van der Waals surface area (Å²) < 4.78 is 0. The van der Waals surface area contributed by atoms with Gasteiger partial charge < -0.3 is 10.1 Å². The summed E-state index contributed by atoms with van der Waals surface area (Å²) in [5.41, 5.74) is -0.261. The first kappa shape index (κ1) is 41.8. The highest BCUT2D eigenvalue weighted by atomic mass is 16.1. The first-order valence-corrected chi connectivity index (χ1v) is 20.3. The first-order valence-electron chi connectivity index (χ1n) is 20.3. The van der Waals surface area contributed by atoms with Crippen LogP contribution in [0.1, 0.15) is 226 Å². The highest BCUT2D eigenvalue weighted by Crippen LogP contribution is 2.31. The van der Waals surface area contributed by atoms with Crippen LogP contribution in [0.5, 0.6) is 0 Å². The molecule has 0 fully saturated rings. The average molecular weight is 631 g/mol. The minimum Gasteiger partial charge on any atom is -0.362 e. The van der Waals surface area contributed by atoms with Crippen molar-refractivity contribution in [3.05, 3.63) is 0 Å². The Balaban J connectivity index is 2.05. The monoisotopic (exact) mass is 631 g/mol. The van der Waals surface area contributed by atoms with Crippen molar-refractivity contribution in [2.45, 2.75) is 232 Å². The Hall–Kier alpha value is -1.19. The lowest BCUT2D eigenvalue weighted by atomic mass is 9.80. The molecule has 1 aliphatic heterocycles. The molecule has 1 N–H and O–H groups in total. The Morgan fingerprint density at radius 3 is 1.36 bits per heavy atom. The summed E-state index contributed by atoms with van der Waals surface area (Å²) >= 11 is 0. The lowest BCUT2D eigenvalue weighted by Crippen LogP contribution is -2.44. The summed E-state index contributed by atoms with van der Waals surface area (Å²) in [6, 6.07) is -0.186. The van der Waals surface area contributed by atoms with Crippen LogP contribution >= 0.6 is 0 Å². The molecule has 4 heteroatoms. The van der Waals surface area contributed by atoms with E-state index >= 15 is 0 Å². The number of amidine groups is 1. The first-order chi connectivity index (χ1) is 22.1. The van der Waals surface area contributed by atoms with Crippen LogP contribution in [0, 0.1) is 5.41 Å². The number of rotatable bonds is 35. The van der Waals surface area contributed by atoms with E-state index in [9.17, 15) is 9.59 Å². The van der Waals surface area contributed by atoms with Crippen LogP contribution in [-0.2, 0) is 9.59 Å². The SMILES string of the molecule is CCCCCCCCCCCCCCCCCC(=O)C1CN=C(C(C)(CC=O)CCCCCCCCCCCCCCCC)N1. The average Bonchev–Trinajstić information content (AvgIpc) is 3.55. The predicted molar refractivity (Wildman–Crippen MR) is 197 cm³/mol. The fourth-order valence-corrected chi connectivity index (χ4v) is 7.04. The predicted octanol–water partition coefficient (Wildman–Crippen LogP) is 12.7. The van der Waals surface area contributed by atoms with Gasteiger partial charge in [0.2, 0.25) is 0 Å². The maximum Gasteiger partial charge on any atom is 0.156 e. The van der Waals surface area contributed by atoms with Gasteiger partial charge in [-0.2, -0.15) is 0 Å². The van der Waals surface area contributed by atoms with Crippen molar-refractivity contribution in [1.82, 2.24) is 5.32 Å². The molecule has 45 heavy (non-hydrogen) atoms. The zero-order chi connectivity index (χ0) is 32.7. The fraction of sp³-hybridized carbons (Fsp3) is 0.927. The number of aliphatic imine (C=N–C) groups is 1. The van der Waals surface area contributed by atoms with Gasteiger partial charge in [-0.15, -0.1) is 0 Å². The number of hydrogen-bond donors (Lipinski definition) is 1. The second-order valence-electron chi connectivity index (χ2n) is 14.8. The van der Waals surface area contributed by atoms with Crippen molar-refractivity contribution in [3.8, 4) is 0 Å². The molecular formula is C41H78N2O2. The molecule has 0 radical (unpaired) electrons. The van der Waals surface area contributed by atoms with E-state index in [2.05, 4.69) is 26.1 Å². The van der Waals surface area contributed by atoms with E-state index in [0.717, 1.165) is 37.8 Å².